The Hall–Kier alpha value is -3.54. The van der Waals surface area contributed by atoms with E-state index in [2.05, 4.69) is 24.2 Å². The van der Waals surface area contributed by atoms with Crippen molar-refractivity contribution in [2.24, 2.45) is 22.7 Å². The number of hydrogen-bond acceptors (Lipinski definition) is 4. The largest absolute Gasteiger partial charge is 0.322 e. The van der Waals surface area contributed by atoms with Gasteiger partial charge in [-0.05, 0) is 48.8 Å². The Morgan fingerprint density at radius 2 is 1.83 bits per heavy atom. The van der Waals surface area contributed by atoms with Crippen LogP contribution in [0.15, 0.2) is 70.0 Å². The van der Waals surface area contributed by atoms with Gasteiger partial charge in [0.1, 0.15) is 0 Å². The third-order valence-corrected chi connectivity index (χ3v) is 7.21. The van der Waals surface area contributed by atoms with Crippen LogP contribution in [-0.2, 0) is 4.79 Å². The van der Waals surface area contributed by atoms with Gasteiger partial charge in [0, 0.05) is 29.4 Å². The molecule has 1 fully saturated rings. The predicted molar refractivity (Wildman–Crippen MR) is 142 cm³/mol. The number of amides is 1. The van der Waals surface area contributed by atoms with Crippen molar-refractivity contribution in [2.75, 3.05) is 11.9 Å². The third kappa shape index (κ3) is 4.70. The maximum atomic E-state index is 13.5. The number of dihydropyridines is 1. The second-order valence-corrected chi connectivity index (χ2v) is 9.98. The van der Waals surface area contributed by atoms with Gasteiger partial charge in [-0.15, -0.1) is 0 Å². The average Bonchev–Trinajstić information content (AvgIpc) is 3.71. The fourth-order valence-corrected chi connectivity index (χ4v) is 4.98. The van der Waals surface area contributed by atoms with Crippen LogP contribution in [0.2, 0.25) is 0 Å². The van der Waals surface area contributed by atoms with Crippen molar-refractivity contribution >= 4 is 28.6 Å². The molecule has 0 spiro atoms. The number of carbonyl (C=O) groups is 1. The molecule has 1 aliphatic heterocycles. The molecule has 0 radical (unpaired) electrons. The number of hydrogen-bond donors (Lipinski definition) is 1. The smallest absolute Gasteiger partial charge is 0.274 e. The van der Waals surface area contributed by atoms with Crippen molar-refractivity contribution in [3.8, 4) is 11.3 Å². The molecular weight excluding hydrogens is 436 g/mol. The molecule has 3 atom stereocenters. The van der Waals surface area contributed by atoms with Crippen LogP contribution in [0.4, 0.5) is 5.69 Å². The minimum Gasteiger partial charge on any atom is -0.322 e. The first-order chi connectivity index (χ1) is 17.0. The van der Waals surface area contributed by atoms with E-state index >= 15 is 0 Å². The lowest BCUT2D eigenvalue weighted by molar-refractivity contribution is -0.112. The van der Waals surface area contributed by atoms with E-state index in [-0.39, 0.29) is 23.4 Å². The fraction of sp³-hybridized carbons (Fsp3) is 0.379. The predicted octanol–water partition coefficient (Wildman–Crippen LogP) is 5.65. The Kier molecular flexibility index (Phi) is 6.37. The van der Waals surface area contributed by atoms with Gasteiger partial charge in [0.25, 0.3) is 11.5 Å². The number of nitrogens with one attached hydrogen (secondary N) is 1. The number of carbonyl (C=O) groups excluding carboxylic acids is 1. The first-order valence-electron chi connectivity index (χ1n) is 12.6. The minimum absolute atomic E-state index is 0.0120. The Morgan fingerprint density at radius 3 is 2.49 bits per heavy atom. The Bertz CT molecular complexity index is 1370. The molecule has 6 heteroatoms. The second kappa shape index (κ2) is 9.61. The van der Waals surface area contributed by atoms with E-state index in [1.54, 1.807) is 10.9 Å². The van der Waals surface area contributed by atoms with Crippen molar-refractivity contribution in [1.29, 1.82) is 0 Å². The number of aliphatic imine (C=N–C) groups is 1. The average molecular weight is 469 g/mol. The summed E-state index contributed by atoms with van der Waals surface area (Å²) >= 11 is 0. The van der Waals surface area contributed by atoms with E-state index in [4.69, 9.17) is 5.10 Å². The molecule has 1 aliphatic carbocycles. The maximum absolute atomic E-state index is 13.5. The molecular formula is C29H32N4O2. The van der Waals surface area contributed by atoms with Crippen LogP contribution in [0.3, 0.4) is 0 Å². The minimum atomic E-state index is -0.161. The lowest BCUT2D eigenvalue weighted by atomic mass is 9.94. The van der Waals surface area contributed by atoms with Gasteiger partial charge in [-0.2, -0.15) is 5.10 Å². The molecule has 1 N–H and O–H groups in total. The van der Waals surface area contributed by atoms with Crippen LogP contribution in [-0.4, -0.2) is 28.4 Å². The van der Waals surface area contributed by atoms with Crippen molar-refractivity contribution in [3.05, 3.63) is 70.5 Å². The highest BCUT2D eigenvalue weighted by Crippen LogP contribution is 2.44. The normalized spacial score (nSPS) is 19.3. The summed E-state index contributed by atoms with van der Waals surface area (Å²) in [5, 5.41) is 9.47. The highest BCUT2D eigenvalue weighted by molar-refractivity contribution is 6.18. The van der Waals surface area contributed by atoms with Crippen LogP contribution in [0.5, 0.6) is 0 Å². The Morgan fingerprint density at radius 1 is 1.11 bits per heavy atom. The number of benzene rings is 2. The van der Waals surface area contributed by atoms with Gasteiger partial charge in [0.15, 0.2) is 0 Å². The summed E-state index contributed by atoms with van der Waals surface area (Å²) in [6, 6.07) is 15.5. The molecule has 2 heterocycles. The standard InChI is InChI=1S/C29H32N4O2/c1-4-19(3)27(21-9-10-21)33-29(35)25-8-6-5-7-24(25)26(32-33)20-11-13-23(14-12-20)31-28(34)22-15-18(2)16-30-17-22/h5-8,11-15,17-19,21,27H,4,9-10,16H2,1-3H3,(H,31,34). The van der Waals surface area contributed by atoms with Gasteiger partial charge in [-0.3, -0.25) is 14.6 Å². The molecule has 3 unspecified atom stereocenters. The number of rotatable bonds is 7. The molecule has 1 aromatic heterocycles. The first-order valence-corrected chi connectivity index (χ1v) is 12.6. The lowest BCUT2D eigenvalue weighted by Crippen LogP contribution is -2.32. The van der Waals surface area contributed by atoms with Crippen molar-refractivity contribution in [2.45, 2.75) is 46.1 Å². The van der Waals surface area contributed by atoms with Crippen LogP contribution >= 0.6 is 0 Å². The molecule has 180 valence electrons. The van der Waals surface area contributed by atoms with Gasteiger partial charge in [-0.1, -0.05) is 63.6 Å². The van der Waals surface area contributed by atoms with Crippen molar-refractivity contribution in [3.63, 3.8) is 0 Å². The number of aromatic nitrogens is 2. The van der Waals surface area contributed by atoms with E-state index in [1.807, 2.05) is 61.5 Å². The quantitative estimate of drug-likeness (QED) is 0.487. The molecule has 0 bridgehead atoms. The molecule has 35 heavy (non-hydrogen) atoms. The van der Waals surface area contributed by atoms with Crippen LogP contribution in [0, 0.1) is 17.8 Å². The Labute approximate surface area is 205 Å². The zero-order valence-electron chi connectivity index (χ0n) is 20.6. The van der Waals surface area contributed by atoms with Crippen LogP contribution < -0.4 is 10.9 Å². The van der Waals surface area contributed by atoms with E-state index < -0.39 is 0 Å². The topological polar surface area (TPSA) is 76.3 Å². The van der Waals surface area contributed by atoms with Crippen molar-refractivity contribution < 1.29 is 4.79 Å². The highest BCUT2D eigenvalue weighted by atomic mass is 16.1. The summed E-state index contributed by atoms with van der Waals surface area (Å²) in [7, 11) is 0. The van der Waals surface area contributed by atoms with E-state index in [0.717, 1.165) is 35.9 Å². The highest BCUT2D eigenvalue weighted by Gasteiger charge is 2.37. The number of nitrogens with zero attached hydrogens (tertiary/aromatic N) is 3. The van der Waals surface area contributed by atoms with Crippen LogP contribution in [0.1, 0.15) is 46.1 Å². The molecule has 2 aliphatic rings. The van der Waals surface area contributed by atoms with Gasteiger partial charge >= 0.3 is 0 Å². The summed E-state index contributed by atoms with van der Waals surface area (Å²) in [5.41, 5.74) is 2.99. The molecule has 0 saturated heterocycles. The van der Waals surface area contributed by atoms with Gasteiger partial charge in [0.05, 0.1) is 22.7 Å². The summed E-state index contributed by atoms with van der Waals surface area (Å²) in [4.78, 5) is 30.4. The van der Waals surface area contributed by atoms with Gasteiger partial charge < -0.3 is 5.32 Å². The Balaban J connectivity index is 1.51. The van der Waals surface area contributed by atoms with Crippen molar-refractivity contribution in [1.82, 2.24) is 9.78 Å². The van der Waals surface area contributed by atoms with E-state index in [1.165, 1.54) is 0 Å². The maximum Gasteiger partial charge on any atom is 0.274 e. The summed E-state index contributed by atoms with van der Waals surface area (Å²) in [6.07, 6.45) is 6.89. The van der Waals surface area contributed by atoms with Crippen LogP contribution in [0.25, 0.3) is 22.0 Å². The molecule has 1 saturated carbocycles. The monoisotopic (exact) mass is 468 g/mol. The fourth-order valence-electron chi connectivity index (χ4n) is 4.98. The first kappa shape index (κ1) is 23.2. The summed E-state index contributed by atoms with van der Waals surface area (Å²) in [5.74, 6) is 0.987. The lowest BCUT2D eigenvalue weighted by Gasteiger charge is -2.25. The zero-order chi connectivity index (χ0) is 24.5. The zero-order valence-corrected chi connectivity index (χ0v) is 20.6. The van der Waals surface area contributed by atoms with Gasteiger partial charge in [-0.25, -0.2) is 4.68 Å². The summed E-state index contributed by atoms with van der Waals surface area (Å²) in [6.45, 7) is 7.16. The number of anilines is 1. The molecule has 2 aromatic carbocycles. The molecule has 3 aromatic rings. The molecule has 5 rings (SSSR count). The summed E-state index contributed by atoms with van der Waals surface area (Å²) < 4.78 is 1.76. The number of fused-ring (bicyclic) bond motifs is 1. The molecule has 6 nitrogen and oxygen atoms in total. The van der Waals surface area contributed by atoms with Gasteiger partial charge in [0.2, 0.25) is 0 Å². The van der Waals surface area contributed by atoms with E-state index in [9.17, 15) is 9.59 Å². The SMILES string of the molecule is CCC(C)C(C1CC1)n1nc(-c2ccc(NC(=O)C3=CC(C)CN=C3)cc2)c2ccccc2c1=O. The molecule has 1 amide bonds. The third-order valence-electron chi connectivity index (χ3n) is 7.21. The second-order valence-electron chi connectivity index (χ2n) is 9.98. The van der Waals surface area contributed by atoms with E-state index in [0.29, 0.717) is 35.0 Å².